The highest BCUT2D eigenvalue weighted by Crippen LogP contribution is 2.33. The van der Waals surface area contributed by atoms with Gasteiger partial charge in [-0.15, -0.1) is 13.2 Å². The van der Waals surface area contributed by atoms with Crippen LogP contribution in [0.1, 0.15) is 12.0 Å². The predicted molar refractivity (Wildman–Crippen MR) is 121 cm³/mol. The zero-order valence-electron chi connectivity index (χ0n) is 18.7. The number of rotatable bonds is 8. The number of aliphatic hydroxyl groups is 1. The average molecular weight is 515 g/mol. The maximum Gasteiger partial charge on any atom is 0.573 e. The largest absolute Gasteiger partial charge is 0.573 e. The summed E-state index contributed by atoms with van der Waals surface area (Å²) in [5.41, 5.74) is 1.64. The van der Waals surface area contributed by atoms with E-state index in [-0.39, 0.29) is 12.4 Å². The third kappa shape index (κ3) is 6.09. The van der Waals surface area contributed by atoms with Crippen LogP contribution in [0.15, 0.2) is 59.4 Å². The highest BCUT2D eigenvalue weighted by Gasteiger charge is 2.38. The second-order valence-corrected chi connectivity index (χ2v) is 8.47. The van der Waals surface area contributed by atoms with Crippen LogP contribution in [0.5, 0.6) is 11.5 Å². The highest BCUT2D eigenvalue weighted by atomic mass is 35.5. The van der Waals surface area contributed by atoms with E-state index in [9.17, 15) is 22.7 Å². The van der Waals surface area contributed by atoms with E-state index in [0.717, 1.165) is 23.4 Å². The van der Waals surface area contributed by atoms with Crippen LogP contribution in [0.4, 0.5) is 17.6 Å². The monoisotopic (exact) mass is 514 g/mol. The molecule has 35 heavy (non-hydrogen) atoms. The second kappa shape index (κ2) is 10.2. The van der Waals surface area contributed by atoms with Crippen molar-refractivity contribution in [1.29, 1.82) is 0 Å². The molecular formula is C23H23ClF4N4O3. The summed E-state index contributed by atoms with van der Waals surface area (Å²) in [6.07, 6.45) is -3.49. The number of aliphatic hydroxyl groups excluding tert-OH is 1. The first-order valence-electron chi connectivity index (χ1n) is 10.7. The second-order valence-electron chi connectivity index (χ2n) is 8.03. The van der Waals surface area contributed by atoms with E-state index in [1.165, 1.54) is 6.07 Å². The highest BCUT2D eigenvalue weighted by molar-refractivity contribution is 6.30. The van der Waals surface area contributed by atoms with Gasteiger partial charge in [-0.1, -0.05) is 23.7 Å². The van der Waals surface area contributed by atoms with Gasteiger partial charge in [0.15, 0.2) is 17.4 Å². The summed E-state index contributed by atoms with van der Waals surface area (Å²) in [5, 5.41) is 9.78. The number of nitrogens with zero attached hydrogens (tertiary/aromatic N) is 4. The minimum atomic E-state index is -5.05. The fourth-order valence-electron chi connectivity index (χ4n) is 3.80. The van der Waals surface area contributed by atoms with E-state index < -0.39 is 24.3 Å². The summed E-state index contributed by atoms with van der Waals surface area (Å²) in [4.78, 5) is 10.4. The molecule has 4 rings (SSSR count). The average Bonchev–Trinajstić information content (AvgIpc) is 3.12. The van der Waals surface area contributed by atoms with Crippen molar-refractivity contribution in [3.05, 3.63) is 70.8 Å². The normalized spacial score (nSPS) is 17.8. The number of benzene rings is 2. The first-order valence-corrected chi connectivity index (χ1v) is 11.1. The molecule has 2 aliphatic rings. The molecule has 2 aromatic rings. The summed E-state index contributed by atoms with van der Waals surface area (Å²) in [6.45, 7) is 1.56. The van der Waals surface area contributed by atoms with Gasteiger partial charge in [-0.25, -0.2) is 9.38 Å². The summed E-state index contributed by atoms with van der Waals surface area (Å²) >= 11 is 6.01. The molecule has 188 valence electrons. The molecule has 0 aliphatic carbocycles. The van der Waals surface area contributed by atoms with Gasteiger partial charge in [-0.2, -0.15) is 0 Å². The van der Waals surface area contributed by atoms with E-state index in [1.807, 2.05) is 40.1 Å². The molecule has 2 heterocycles. The Labute approximate surface area is 204 Å². The van der Waals surface area contributed by atoms with Gasteiger partial charge in [0.05, 0.1) is 6.67 Å². The van der Waals surface area contributed by atoms with Crippen LogP contribution in [0.3, 0.4) is 0 Å². The molecule has 1 atom stereocenters. The van der Waals surface area contributed by atoms with E-state index in [0.29, 0.717) is 37.0 Å². The fraction of sp³-hybridized carbons (Fsp3) is 0.348. The minimum absolute atomic E-state index is 0.0415. The number of likely N-dealkylation sites (N-methyl/N-ethyl adjacent to an activating group) is 1. The first-order chi connectivity index (χ1) is 16.6. The van der Waals surface area contributed by atoms with Crippen molar-refractivity contribution in [2.75, 3.05) is 26.9 Å². The topological polar surface area (TPSA) is 60.8 Å². The van der Waals surface area contributed by atoms with Crippen LogP contribution in [0.25, 0.3) is 0 Å². The van der Waals surface area contributed by atoms with Crippen LogP contribution >= 0.6 is 11.6 Å². The molecule has 7 nitrogen and oxygen atoms in total. The van der Waals surface area contributed by atoms with Crippen molar-refractivity contribution >= 4 is 17.4 Å². The van der Waals surface area contributed by atoms with E-state index in [2.05, 4.69) is 9.73 Å². The number of amidine groups is 1. The zero-order chi connectivity index (χ0) is 25.2. The number of hydrogen-bond donors (Lipinski definition) is 1. The summed E-state index contributed by atoms with van der Waals surface area (Å²) in [6, 6.07) is 10.1. The van der Waals surface area contributed by atoms with Gasteiger partial charge in [0, 0.05) is 44.0 Å². The van der Waals surface area contributed by atoms with Crippen LogP contribution in [-0.4, -0.2) is 65.2 Å². The third-order valence-corrected chi connectivity index (χ3v) is 5.59. The maximum atomic E-state index is 13.9. The zero-order valence-corrected chi connectivity index (χ0v) is 19.4. The number of halogens is 5. The van der Waals surface area contributed by atoms with Gasteiger partial charge in [0.25, 0.3) is 6.35 Å². The molecule has 0 saturated carbocycles. The van der Waals surface area contributed by atoms with Gasteiger partial charge in [-0.3, -0.25) is 0 Å². The van der Waals surface area contributed by atoms with Crippen molar-refractivity contribution in [3.8, 4) is 11.5 Å². The van der Waals surface area contributed by atoms with E-state index in [4.69, 9.17) is 16.3 Å². The van der Waals surface area contributed by atoms with E-state index >= 15 is 0 Å². The van der Waals surface area contributed by atoms with Crippen molar-refractivity contribution in [3.63, 3.8) is 0 Å². The Hall–Kier alpha value is -3.18. The summed E-state index contributed by atoms with van der Waals surface area (Å²) in [5.74, 6) is -1.56. The van der Waals surface area contributed by atoms with Gasteiger partial charge < -0.3 is 29.3 Å². The number of hydrogen-bond acceptors (Lipinski definition) is 7. The van der Waals surface area contributed by atoms with Crippen molar-refractivity contribution in [1.82, 2.24) is 14.7 Å². The molecule has 0 fully saturated rings. The number of ether oxygens (including phenoxy) is 2. The van der Waals surface area contributed by atoms with Gasteiger partial charge in [0.2, 0.25) is 0 Å². The lowest BCUT2D eigenvalue weighted by atomic mass is 10.2. The third-order valence-electron chi connectivity index (χ3n) is 5.34. The molecule has 0 amide bonds. The summed E-state index contributed by atoms with van der Waals surface area (Å²) < 4.78 is 61.5. The Morgan fingerprint density at radius 1 is 1.17 bits per heavy atom. The van der Waals surface area contributed by atoms with Crippen molar-refractivity contribution in [2.24, 2.45) is 4.99 Å². The number of fused-ring (bicyclic) bond motifs is 1. The lowest BCUT2D eigenvalue weighted by Crippen LogP contribution is -2.44. The van der Waals surface area contributed by atoms with Crippen molar-refractivity contribution in [2.45, 2.75) is 25.7 Å². The lowest BCUT2D eigenvalue weighted by molar-refractivity contribution is -0.275. The first kappa shape index (κ1) is 24.9. The Morgan fingerprint density at radius 3 is 2.60 bits per heavy atom. The molecule has 0 saturated heterocycles. The quantitative estimate of drug-likeness (QED) is 0.528. The van der Waals surface area contributed by atoms with Crippen LogP contribution in [0.2, 0.25) is 5.02 Å². The molecule has 1 N–H and O–H groups in total. The SMILES string of the molecule is CN1CN(CCCO)C=C2C1=NC(Oc1ccc(F)c(OC(F)(F)F)c1)N2Cc1ccc(Cl)cc1. The lowest BCUT2D eigenvalue weighted by Gasteiger charge is -2.36. The number of alkyl halides is 3. The molecule has 0 bridgehead atoms. The Balaban J connectivity index is 1.64. The van der Waals surface area contributed by atoms with Gasteiger partial charge in [-0.05, 0) is 36.2 Å². The smallest absolute Gasteiger partial charge is 0.450 e. The molecule has 0 aromatic heterocycles. The molecule has 12 heteroatoms. The summed E-state index contributed by atoms with van der Waals surface area (Å²) in [7, 11) is 1.85. The minimum Gasteiger partial charge on any atom is -0.450 e. The van der Waals surface area contributed by atoms with Crippen LogP contribution in [0, 0.1) is 5.82 Å². The standard InChI is InChI=1S/C23H23ClF4N4O3/c1-30-14-31(9-2-10-33)13-19-21(30)29-22(32(19)12-15-3-5-16(24)6-4-15)34-17-7-8-18(25)20(11-17)35-23(26,27)28/h3-8,11,13,22,33H,2,9-10,12,14H2,1H3. The number of aliphatic imine (C=N–C) groups is 1. The molecule has 0 spiro atoms. The maximum absolute atomic E-state index is 13.9. The fourth-order valence-corrected chi connectivity index (χ4v) is 3.92. The van der Waals surface area contributed by atoms with Gasteiger partial charge in [0.1, 0.15) is 11.4 Å². The molecule has 2 aromatic carbocycles. The van der Waals surface area contributed by atoms with Gasteiger partial charge >= 0.3 is 6.36 Å². The molecule has 2 aliphatic heterocycles. The molecule has 0 radical (unpaired) electrons. The Morgan fingerprint density at radius 2 is 1.91 bits per heavy atom. The van der Waals surface area contributed by atoms with E-state index in [1.54, 1.807) is 12.1 Å². The Kier molecular flexibility index (Phi) is 7.27. The Bertz CT molecular complexity index is 1110. The van der Waals surface area contributed by atoms with Crippen LogP contribution in [-0.2, 0) is 6.54 Å². The van der Waals surface area contributed by atoms with Crippen molar-refractivity contribution < 1.29 is 32.1 Å². The van der Waals surface area contributed by atoms with Crippen LogP contribution < -0.4 is 9.47 Å². The molecular weight excluding hydrogens is 492 g/mol. The predicted octanol–water partition coefficient (Wildman–Crippen LogP) is 4.38. The molecule has 1 unspecified atom stereocenters.